The number of hydrogen-bond acceptors (Lipinski definition) is 5. The summed E-state index contributed by atoms with van der Waals surface area (Å²) in [5, 5.41) is 21.1. The van der Waals surface area contributed by atoms with Gasteiger partial charge in [-0.3, -0.25) is 9.59 Å². The quantitative estimate of drug-likeness (QED) is 0.351. The van der Waals surface area contributed by atoms with Crippen molar-refractivity contribution in [2.45, 2.75) is 12.5 Å². The molecule has 1 saturated heterocycles. The number of methoxy groups -OCH3 is 1. The first kappa shape index (κ1) is 21.2. The number of benzene rings is 3. The maximum absolute atomic E-state index is 13.0. The van der Waals surface area contributed by atoms with E-state index in [-0.39, 0.29) is 23.6 Å². The number of carbonyl (C=O) groups excluding carboxylic acids is 2. The highest BCUT2D eigenvalue weighted by Gasteiger charge is 2.45. The number of ketones is 1. The highest BCUT2D eigenvalue weighted by Crippen LogP contribution is 2.40. The molecule has 0 radical (unpaired) electrons. The number of aromatic hydroxyl groups is 1. The lowest BCUT2D eigenvalue weighted by atomic mass is 9.95. The lowest BCUT2D eigenvalue weighted by molar-refractivity contribution is -0.139. The van der Waals surface area contributed by atoms with Crippen LogP contribution in [0.1, 0.15) is 22.7 Å². The van der Waals surface area contributed by atoms with Crippen molar-refractivity contribution in [3.63, 3.8) is 0 Å². The highest BCUT2D eigenvalue weighted by molar-refractivity contribution is 6.46. The summed E-state index contributed by atoms with van der Waals surface area (Å²) in [5.41, 5.74) is 1.97. The molecule has 6 nitrogen and oxygen atoms in total. The summed E-state index contributed by atoms with van der Waals surface area (Å²) in [6, 6.07) is 21.8. The first-order chi connectivity index (χ1) is 15.5. The van der Waals surface area contributed by atoms with Gasteiger partial charge in [-0.1, -0.05) is 42.5 Å². The molecule has 0 spiro atoms. The Hall–Kier alpha value is -4.06. The Morgan fingerprint density at radius 2 is 1.69 bits per heavy atom. The van der Waals surface area contributed by atoms with E-state index in [2.05, 4.69) is 0 Å². The number of rotatable bonds is 6. The van der Waals surface area contributed by atoms with E-state index in [0.29, 0.717) is 23.3 Å². The summed E-state index contributed by atoms with van der Waals surface area (Å²) < 4.78 is 5.15. The zero-order chi connectivity index (χ0) is 22.7. The molecule has 2 N–H and O–H groups in total. The lowest BCUT2D eigenvalue weighted by Crippen LogP contribution is -2.31. The van der Waals surface area contributed by atoms with Crippen LogP contribution in [0.25, 0.3) is 5.76 Å². The number of ether oxygens (including phenoxy) is 1. The predicted molar refractivity (Wildman–Crippen MR) is 120 cm³/mol. The van der Waals surface area contributed by atoms with E-state index in [1.807, 2.05) is 30.3 Å². The van der Waals surface area contributed by atoms with Crippen molar-refractivity contribution in [2.24, 2.45) is 0 Å². The third-order valence-corrected chi connectivity index (χ3v) is 5.57. The van der Waals surface area contributed by atoms with Gasteiger partial charge in [-0.05, 0) is 53.9 Å². The summed E-state index contributed by atoms with van der Waals surface area (Å²) >= 11 is 0. The SMILES string of the molecule is COc1ccc(C(O)=C2C(=O)C(=O)N(CCc3ccccc3)C2c2cccc(O)c2)cc1. The van der Waals surface area contributed by atoms with Crippen LogP contribution in [0.15, 0.2) is 84.4 Å². The summed E-state index contributed by atoms with van der Waals surface area (Å²) in [7, 11) is 1.54. The Morgan fingerprint density at radius 3 is 2.34 bits per heavy atom. The molecule has 162 valence electrons. The van der Waals surface area contributed by atoms with E-state index in [1.165, 1.54) is 24.1 Å². The topological polar surface area (TPSA) is 87.1 Å². The average Bonchev–Trinajstić information content (AvgIpc) is 3.08. The second-order valence-electron chi connectivity index (χ2n) is 7.55. The number of nitrogens with zero attached hydrogens (tertiary/aromatic N) is 1. The lowest BCUT2D eigenvalue weighted by Gasteiger charge is -2.25. The average molecular weight is 429 g/mol. The van der Waals surface area contributed by atoms with E-state index >= 15 is 0 Å². The van der Waals surface area contributed by atoms with E-state index in [0.717, 1.165) is 5.56 Å². The molecule has 3 aromatic rings. The van der Waals surface area contributed by atoms with E-state index in [1.54, 1.807) is 36.4 Å². The van der Waals surface area contributed by atoms with E-state index < -0.39 is 17.7 Å². The number of aliphatic hydroxyl groups excluding tert-OH is 1. The number of phenolic OH excluding ortho intramolecular Hbond substituents is 1. The molecule has 0 aromatic heterocycles. The van der Waals surface area contributed by atoms with Gasteiger partial charge in [-0.2, -0.15) is 0 Å². The summed E-state index contributed by atoms with van der Waals surface area (Å²) in [4.78, 5) is 27.5. The fraction of sp³-hybridized carbons (Fsp3) is 0.154. The maximum atomic E-state index is 13.0. The third-order valence-electron chi connectivity index (χ3n) is 5.57. The van der Waals surface area contributed by atoms with Crippen LogP contribution in [0.3, 0.4) is 0 Å². The minimum absolute atomic E-state index is 0.00108. The number of amides is 1. The standard InChI is InChI=1S/C26H23NO5/c1-32-21-12-10-18(11-13-21)24(29)22-23(19-8-5-9-20(28)16-19)27(26(31)25(22)30)15-14-17-6-3-2-4-7-17/h2-13,16,23,28-29H,14-15H2,1H3. The molecule has 32 heavy (non-hydrogen) atoms. The van der Waals surface area contributed by atoms with Gasteiger partial charge in [0.05, 0.1) is 18.7 Å². The predicted octanol–water partition coefficient (Wildman–Crippen LogP) is 4.07. The Morgan fingerprint density at radius 1 is 0.969 bits per heavy atom. The van der Waals surface area contributed by atoms with Crippen LogP contribution in [-0.4, -0.2) is 40.5 Å². The van der Waals surface area contributed by atoms with Crippen molar-refractivity contribution in [3.8, 4) is 11.5 Å². The largest absolute Gasteiger partial charge is 0.508 e. The Bertz CT molecular complexity index is 1170. The zero-order valence-electron chi connectivity index (χ0n) is 17.6. The monoisotopic (exact) mass is 429 g/mol. The van der Waals surface area contributed by atoms with Gasteiger partial charge < -0.3 is 19.8 Å². The number of aliphatic hydroxyl groups is 1. The van der Waals surface area contributed by atoms with Crippen molar-refractivity contribution in [2.75, 3.05) is 13.7 Å². The number of carbonyl (C=O) groups is 2. The number of Topliss-reactive ketones (excluding diaryl/α,β-unsaturated/α-hetero) is 1. The smallest absolute Gasteiger partial charge is 0.295 e. The van der Waals surface area contributed by atoms with Crippen LogP contribution in [0.2, 0.25) is 0 Å². The van der Waals surface area contributed by atoms with Crippen molar-refractivity contribution in [1.82, 2.24) is 4.90 Å². The molecule has 1 aliphatic rings. The summed E-state index contributed by atoms with van der Waals surface area (Å²) in [6.45, 7) is 0.286. The molecule has 1 heterocycles. The van der Waals surface area contributed by atoms with Crippen molar-refractivity contribution in [1.29, 1.82) is 0 Å². The second kappa shape index (κ2) is 8.98. The molecule has 1 fully saturated rings. The van der Waals surface area contributed by atoms with Crippen LogP contribution < -0.4 is 4.74 Å². The second-order valence-corrected chi connectivity index (χ2v) is 7.55. The fourth-order valence-corrected chi connectivity index (χ4v) is 3.95. The van der Waals surface area contributed by atoms with Gasteiger partial charge in [0.1, 0.15) is 17.3 Å². The van der Waals surface area contributed by atoms with Crippen LogP contribution in [-0.2, 0) is 16.0 Å². The molecule has 1 atom stereocenters. The fourth-order valence-electron chi connectivity index (χ4n) is 3.95. The summed E-state index contributed by atoms with van der Waals surface area (Å²) in [6.07, 6.45) is 0.547. The first-order valence-corrected chi connectivity index (χ1v) is 10.3. The minimum atomic E-state index is -0.812. The molecular weight excluding hydrogens is 406 g/mol. The Labute approximate surface area is 186 Å². The van der Waals surface area contributed by atoms with Crippen LogP contribution >= 0.6 is 0 Å². The molecule has 0 bridgehead atoms. The van der Waals surface area contributed by atoms with Crippen LogP contribution in [0.5, 0.6) is 11.5 Å². The van der Waals surface area contributed by atoms with Gasteiger partial charge in [-0.25, -0.2) is 0 Å². The Kier molecular flexibility index (Phi) is 5.94. The number of phenols is 1. The molecular formula is C26H23NO5. The van der Waals surface area contributed by atoms with Gasteiger partial charge >= 0.3 is 0 Å². The van der Waals surface area contributed by atoms with Crippen molar-refractivity contribution < 1.29 is 24.5 Å². The summed E-state index contributed by atoms with van der Waals surface area (Å²) in [5.74, 6) is -1.07. The molecule has 1 amide bonds. The number of likely N-dealkylation sites (tertiary alicyclic amines) is 1. The van der Waals surface area contributed by atoms with Crippen LogP contribution in [0, 0.1) is 0 Å². The van der Waals surface area contributed by atoms with Crippen molar-refractivity contribution >= 4 is 17.4 Å². The van der Waals surface area contributed by atoms with Crippen LogP contribution in [0.4, 0.5) is 0 Å². The molecule has 0 saturated carbocycles. The third kappa shape index (κ3) is 4.07. The van der Waals surface area contributed by atoms with Gasteiger partial charge in [0.2, 0.25) is 0 Å². The first-order valence-electron chi connectivity index (χ1n) is 10.3. The highest BCUT2D eigenvalue weighted by atomic mass is 16.5. The Balaban J connectivity index is 1.78. The normalized spacial score (nSPS) is 17.5. The molecule has 4 rings (SSSR count). The number of hydrogen-bond donors (Lipinski definition) is 2. The van der Waals surface area contributed by atoms with E-state index in [9.17, 15) is 19.8 Å². The van der Waals surface area contributed by atoms with Crippen molar-refractivity contribution in [3.05, 3.63) is 101 Å². The van der Waals surface area contributed by atoms with Gasteiger partial charge in [-0.15, -0.1) is 0 Å². The van der Waals surface area contributed by atoms with E-state index in [4.69, 9.17) is 4.74 Å². The minimum Gasteiger partial charge on any atom is -0.508 e. The molecule has 1 aliphatic heterocycles. The van der Waals surface area contributed by atoms with Gasteiger partial charge in [0.15, 0.2) is 0 Å². The van der Waals surface area contributed by atoms with Gasteiger partial charge in [0.25, 0.3) is 11.7 Å². The van der Waals surface area contributed by atoms with Gasteiger partial charge in [0, 0.05) is 12.1 Å². The molecule has 1 unspecified atom stereocenters. The zero-order valence-corrected chi connectivity index (χ0v) is 17.6. The molecule has 3 aromatic carbocycles. The molecule has 6 heteroatoms. The maximum Gasteiger partial charge on any atom is 0.295 e. The molecule has 0 aliphatic carbocycles.